The first-order valence-electron chi connectivity index (χ1n) is 9.21. The lowest BCUT2D eigenvalue weighted by Crippen LogP contribution is -2.25. The minimum absolute atomic E-state index is 0.230. The third-order valence-electron chi connectivity index (χ3n) is 5.34. The van der Waals surface area contributed by atoms with Crippen LogP contribution in [-0.2, 0) is 0 Å². The molecule has 4 rings (SSSR count). The number of fused-ring (bicyclic) bond motifs is 1. The van der Waals surface area contributed by atoms with Crippen molar-refractivity contribution in [1.82, 2.24) is 0 Å². The zero-order chi connectivity index (χ0) is 18.8. The van der Waals surface area contributed by atoms with Crippen molar-refractivity contribution in [3.8, 4) is 17.2 Å². The molecule has 0 fully saturated rings. The maximum atomic E-state index is 6.17. The van der Waals surface area contributed by atoms with Crippen molar-refractivity contribution in [2.75, 3.05) is 20.8 Å². The average molecular weight is 360 g/mol. The molecule has 1 aliphatic heterocycles. The number of aryl methyl sites for hydroxylation is 1. The highest BCUT2D eigenvalue weighted by Gasteiger charge is 2.33. The van der Waals surface area contributed by atoms with Crippen LogP contribution in [0.15, 0.2) is 66.7 Å². The molecule has 3 heteroatoms. The van der Waals surface area contributed by atoms with Crippen molar-refractivity contribution >= 4 is 0 Å². The van der Waals surface area contributed by atoms with Gasteiger partial charge in [0.25, 0.3) is 0 Å². The van der Waals surface area contributed by atoms with E-state index in [1.54, 1.807) is 14.2 Å². The molecule has 3 nitrogen and oxygen atoms in total. The van der Waals surface area contributed by atoms with Crippen LogP contribution in [0.3, 0.4) is 0 Å². The molecule has 0 saturated carbocycles. The van der Waals surface area contributed by atoms with Crippen LogP contribution in [0.25, 0.3) is 0 Å². The first-order chi connectivity index (χ1) is 13.2. The summed E-state index contributed by atoms with van der Waals surface area (Å²) in [5, 5.41) is 0. The van der Waals surface area contributed by atoms with Gasteiger partial charge >= 0.3 is 0 Å². The summed E-state index contributed by atoms with van der Waals surface area (Å²) in [6.45, 7) is 2.75. The third kappa shape index (κ3) is 3.37. The van der Waals surface area contributed by atoms with Crippen LogP contribution < -0.4 is 14.2 Å². The fraction of sp³-hybridized carbons (Fsp3) is 0.250. The van der Waals surface area contributed by atoms with E-state index in [-0.39, 0.29) is 11.8 Å². The van der Waals surface area contributed by atoms with E-state index in [9.17, 15) is 0 Å². The second kappa shape index (κ2) is 7.36. The lowest BCUT2D eigenvalue weighted by Gasteiger charge is -2.35. The summed E-state index contributed by atoms with van der Waals surface area (Å²) < 4.78 is 16.8. The molecule has 0 radical (unpaired) electrons. The summed E-state index contributed by atoms with van der Waals surface area (Å²) in [5.74, 6) is 3.19. The van der Waals surface area contributed by atoms with Gasteiger partial charge in [0.15, 0.2) is 0 Å². The SMILES string of the molecule is COc1ccc(C2COc3cc(C)ccc3C2c2ccc(OC)cc2)cc1. The first-order valence-corrected chi connectivity index (χ1v) is 9.21. The van der Waals surface area contributed by atoms with E-state index >= 15 is 0 Å². The standard InChI is InChI=1S/C24H24O3/c1-16-4-13-21-23(14-16)27-15-22(17-5-9-19(25-2)10-6-17)24(21)18-7-11-20(26-3)12-8-18/h4-14,22,24H,15H2,1-3H3. The smallest absolute Gasteiger partial charge is 0.123 e. The second-order valence-corrected chi connectivity index (χ2v) is 6.98. The molecule has 27 heavy (non-hydrogen) atoms. The van der Waals surface area contributed by atoms with E-state index < -0.39 is 0 Å². The van der Waals surface area contributed by atoms with Gasteiger partial charge in [-0.15, -0.1) is 0 Å². The molecule has 0 N–H and O–H groups in total. The molecule has 0 amide bonds. The van der Waals surface area contributed by atoms with Gasteiger partial charge < -0.3 is 14.2 Å². The van der Waals surface area contributed by atoms with Gasteiger partial charge in [0.1, 0.15) is 17.2 Å². The normalized spacial score (nSPS) is 18.3. The molecule has 2 atom stereocenters. The molecule has 0 spiro atoms. The van der Waals surface area contributed by atoms with E-state index in [1.165, 1.54) is 22.3 Å². The molecule has 0 aliphatic carbocycles. The van der Waals surface area contributed by atoms with Crippen LogP contribution in [0.4, 0.5) is 0 Å². The van der Waals surface area contributed by atoms with Crippen molar-refractivity contribution in [2.24, 2.45) is 0 Å². The highest BCUT2D eigenvalue weighted by Crippen LogP contribution is 2.46. The quantitative estimate of drug-likeness (QED) is 0.630. The second-order valence-electron chi connectivity index (χ2n) is 6.98. The Morgan fingerprint density at radius 1 is 0.778 bits per heavy atom. The van der Waals surface area contributed by atoms with Gasteiger partial charge in [-0.05, 0) is 53.9 Å². The number of ether oxygens (including phenoxy) is 3. The minimum atomic E-state index is 0.230. The molecule has 3 aromatic carbocycles. The Morgan fingerprint density at radius 2 is 1.37 bits per heavy atom. The molecular formula is C24H24O3. The summed E-state index contributed by atoms with van der Waals surface area (Å²) >= 11 is 0. The van der Waals surface area contributed by atoms with E-state index in [2.05, 4.69) is 49.4 Å². The summed E-state index contributed by atoms with van der Waals surface area (Å²) in [6.07, 6.45) is 0. The molecular weight excluding hydrogens is 336 g/mol. The monoisotopic (exact) mass is 360 g/mol. The number of benzene rings is 3. The third-order valence-corrected chi connectivity index (χ3v) is 5.34. The summed E-state index contributed by atoms with van der Waals surface area (Å²) in [4.78, 5) is 0. The highest BCUT2D eigenvalue weighted by molar-refractivity contribution is 5.50. The van der Waals surface area contributed by atoms with Gasteiger partial charge in [0.2, 0.25) is 0 Å². The summed E-state index contributed by atoms with van der Waals surface area (Å²) in [5.41, 5.74) is 4.97. The van der Waals surface area contributed by atoms with Crippen molar-refractivity contribution in [2.45, 2.75) is 18.8 Å². The Bertz CT molecular complexity index is 913. The zero-order valence-electron chi connectivity index (χ0n) is 15.9. The Hall–Kier alpha value is -2.94. The van der Waals surface area contributed by atoms with Crippen molar-refractivity contribution in [1.29, 1.82) is 0 Å². The van der Waals surface area contributed by atoms with Gasteiger partial charge in [-0.1, -0.05) is 36.4 Å². The van der Waals surface area contributed by atoms with Crippen molar-refractivity contribution in [3.05, 3.63) is 89.0 Å². The largest absolute Gasteiger partial charge is 0.497 e. The molecule has 138 valence electrons. The van der Waals surface area contributed by atoms with Crippen LogP contribution in [-0.4, -0.2) is 20.8 Å². The van der Waals surface area contributed by atoms with E-state index in [1.807, 2.05) is 24.3 Å². The molecule has 1 aliphatic rings. The van der Waals surface area contributed by atoms with E-state index in [0.29, 0.717) is 6.61 Å². The number of rotatable bonds is 4. The molecule has 3 aromatic rings. The predicted octanol–water partition coefficient (Wildman–Crippen LogP) is 5.32. The van der Waals surface area contributed by atoms with E-state index in [4.69, 9.17) is 14.2 Å². The van der Waals surface area contributed by atoms with Crippen molar-refractivity contribution < 1.29 is 14.2 Å². The summed E-state index contributed by atoms with van der Waals surface area (Å²) in [7, 11) is 3.39. The number of hydrogen-bond acceptors (Lipinski definition) is 3. The summed E-state index contributed by atoms with van der Waals surface area (Å²) in [6, 6.07) is 23.2. The maximum absolute atomic E-state index is 6.17. The van der Waals surface area contributed by atoms with Gasteiger partial charge in [0, 0.05) is 17.4 Å². The molecule has 0 saturated heterocycles. The van der Waals surface area contributed by atoms with Gasteiger partial charge in [-0.2, -0.15) is 0 Å². The number of hydrogen-bond donors (Lipinski definition) is 0. The zero-order valence-corrected chi connectivity index (χ0v) is 15.9. The maximum Gasteiger partial charge on any atom is 0.123 e. The van der Waals surface area contributed by atoms with Crippen LogP contribution in [0.1, 0.15) is 34.1 Å². The molecule has 1 heterocycles. The van der Waals surface area contributed by atoms with Crippen LogP contribution in [0, 0.1) is 6.92 Å². The van der Waals surface area contributed by atoms with Crippen LogP contribution in [0.2, 0.25) is 0 Å². The van der Waals surface area contributed by atoms with Gasteiger partial charge in [0.05, 0.1) is 20.8 Å². The fourth-order valence-corrected chi connectivity index (χ4v) is 3.88. The lowest BCUT2D eigenvalue weighted by atomic mass is 9.75. The van der Waals surface area contributed by atoms with Gasteiger partial charge in [-0.25, -0.2) is 0 Å². The van der Waals surface area contributed by atoms with Crippen molar-refractivity contribution in [3.63, 3.8) is 0 Å². The molecule has 0 aromatic heterocycles. The first kappa shape index (κ1) is 17.5. The Balaban J connectivity index is 1.80. The highest BCUT2D eigenvalue weighted by atomic mass is 16.5. The Morgan fingerprint density at radius 3 is 1.96 bits per heavy atom. The molecule has 0 bridgehead atoms. The fourth-order valence-electron chi connectivity index (χ4n) is 3.88. The Labute approximate surface area is 160 Å². The average Bonchev–Trinajstić information content (AvgIpc) is 2.73. The van der Waals surface area contributed by atoms with Crippen LogP contribution >= 0.6 is 0 Å². The van der Waals surface area contributed by atoms with Crippen LogP contribution in [0.5, 0.6) is 17.2 Å². The number of methoxy groups -OCH3 is 2. The lowest BCUT2D eigenvalue weighted by molar-refractivity contribution is 0.248. The van der Waals surface area contributed by atoms with Gasteiger partial charge in [-0.3, -0.25) is 0 Å². The van der Waals surface area contributed by atoms with E-state index in [0.717, 1.165) is 17.2 Å². The predicted molar refractivity (Wildman–Crippen MR) is 107 cm³/mol. The topological polar surface area (TPSA) is 27.7 Å². The minimum Gasteiger partial charge on any atom is -0.497 e. The Kier molecular flexibility index (Phi) is 4.76. The molecule has 2 unspecified atom stereocenters.